The summed E-state index contributed by atoms with van der Waals surface area (Å²) in [6.07, 6.45) is 0.963. The van der Waals surface area contributed by atoms with Crippen molar-refractivity contribution < 1.29 is 4.52 Å². The summed E-state index contributed by atoms with van der Waals surface area (Å²) in [4.78, 5) is 6.78. The second kappa shape index (κ2) is 3.28. The Bertz CT molecular complexity index is 682. The number of hydrogen-bond acceptors (Lipinski definition) is 4. The first-order valence-corrected chi connectivity index (χ1v) is 6.22. The van der Waals surface area contributed by atoms with Crippen molar-refractivity contribution in [2.75, 3.05) is 0 Å². The maximum Gasteiger partial charge on any atom is 0.268 e. The van der Waals surface area contributed by atoms with Gasteiger partial charge in [0.1, 0.15) is 0 Å². The van der Waals surface area contributed by atoms with Crippen LogP contribution in [0.5, 0.6) is 0 Å². The van der Waals surface area contributed by atoms with E-state index >= 15 is 0 Å². The fraction of sp³-hybridized carbons (Fsp3) is 0.0769. The topological polar surface area (TPSA) is 38.9 Å². The summed E-state index contributed by atoms with van der Waals surface area (Å²) >= 11 is 1.71. The highest BCUT2D eigenvalue weighted by Gasteiger charge is 2.14. The molecule has 0 amide bonds. The van der Waals surface area contributed by atoms with Crippen LogP contribution < -0.4 is 0 Å². The number of aromatic nitrogens is 2. The van der Waals surface area contributed by atoms with Crippen LogP contribution in [0.2, 0.25) is 0 Å². The Kier molecular flexibility index (Phi) is 1.76. The molecule has 6 bridgehead atoms. The van der Waals surface area contributed by atoms with Crippen LogP contribution in [0.25, 0.3) is 22.2 Å². The number of benzene rings is 1. The molecule has 0 spiro atoms. The minimum Gasteiger partial charge on any atom is -0.333 e. The molecule has 3 nitrogen and oxygen atoms in total. The average Bonchev–Trinajstić information content (AvgIpc) is 2.95. The maximum atomic E-state index is 5.29. The molecule has 2 aliphatic heterocycles. The quantitative estimate of drug-likeness (QED) is 0.473. The third kappa shape index (κ3) is 1.41. The Balaban J connectivity index is 2.04. The maximum absolute atomic E-state index is 5.29. The first kappa shape index (κ1) is 9.13. The minimum absolute atomic E-state index is 0.612. The highest BCUT2D eigenvalue weighted by molar-refractivity contribution is 7.15. The molecule has 5 rings (SSSR count). The third-order valence-corrected chi connectivity index (χ3v) is 3.96. The monoisotopic (exact) mass is 240 g/mol. The highest BCUT2D eigenvalue weighted by Crippen LogP contribution is 2.31. The van der Waals surface area contributed by atoms with Crippen LogP contribution in [-0.4, -0.2) is 10.1 Å². The Morgan fingerprint density at radius 1 is 1.06 bits per heavy atom. The highest BCUT2D eigenvalue weighted by atomic mass is 32.1. The van der Waals surface area contributed by atoms with E-state index in [9.17, 15) is 0 Å². The molecule has 0 radical (unpaired) electrons. The minimum atomic E-state index is 0.612. The van der Waals surface area contributed by atoms with E-state index in [0.717, 1.165) is 16.9 Å². The lowest BCUT2D eigenvalue weighted by Gasteiger charge is -1.99. The van der Waals surface area contributed by atoms with E-state index in [1.807, 2.05) is 18.2 Å². The van der Waals surface area contributed by atoms with Gasteiger partial charge in [-0.2, -0.15) is 4.98 Å². The number of nitrogens with zero attached hydrogens (tertiary/aromatic N) is 2. The summed E-state index contributed by atoms with van der Waals surface area (Å²) in [5.74, 6) is 1.27. The molecule has 82 valence electrons. The average molecular weight is 240 g/mol. The summed E-state index contributed by atoms with van der Waals surface area (Å²) in [5, 5.41) is 4.01. The van der Waals surface area contributed by atoms with E-state index < -0.39 is 0 Å². The summed E-state index contributed by atoms with van der Waals surface area (Å²) < 4.78 is 5.29. The molecule has 2 aromatic heterocycles. The van der Waals surface area contributed by atoms with Gasteiger partial charge in [-0.25, -0.2) is 0 Å². The van der Waals surface area contributed by atoms with Crippen molar-refractivity contribution in [1.29, 1.82) is 0 Å². The first-order valence-electron chi connectivity index (χ1n) is 5.40. The number of hydrogen-bond donors (Lipinski definition) is 0. The van der Waals surface area contributed by atoms with Crippen LogP contribution in [0.3, 0.4) is 0 Å². The lowest BCUT2D eigenvalue weighted by molar-refractivity contribution is 0.433. The smallest absolute Gasteiger partial charge is 0.268 e. The molecule has 3 aromatic rings. The van der Waals surface area contributed by atoms with E-state index in [1.54, 1.807) is 11.3 Å². The van der Waals surface area contributed by atoms with Gasteiger partial charge in [0.2, 0.25) is 5.82 Å². The summed E-state index contributed by atoms with van der Waals surface area (Å²) in [5.41, 5.74) is 2.31. The van der Waals surface area contributed by atoms with Crippen molar-refractivity contribution in [2.45, 2.75) is 6.42 Å². The molecule has 0 fully saturated rings. The van der Waals surface area contributed by atoms with Crippen molar-refractivity contribution >= 4 is 11.3 Å². The van der Waals surface area contributed by atoms with Gasteiger partial charge in [-0.1, -0.05) is 29.4 Å². The van der Waals surface area contributed by atoms with Crippen molar-refractivity contribution in [3.8, 4) is 22.2 Å². The molecule has 4 heteroatoms. The Labute approximate surface area is 102 Å². The fourth-order valence-electron chi connectivity index (χ4n) is 2.00. The van der Waals surface area contributed by atoms with E-state index in [1.165, 1.54) is 10.4 Å². The van der Waals surface area contributed by atoms with E-state index in [-0.39, 0.29) is 0 Å². The standard InChI is InChI=1S/C13H8N2OS/c1-3-9-4-2-8(1)7-10-5-6-11(17-10)13-14-12(9)15-16-13/h1-6H,7H2. The third-order valence-electron chi connectivity index (χ3n) is 2.89. The van der Waals surface area contributed by atoms with E-state index in [0.29, 0.717) is 11.7 Å². The fourth-order valence-corrected chi connectivity index (χ4v) is 2.97. The van der Waals surface area contributed by atoms with Crippen LogP contribution in [0.1, 0.15) is 10.4 Å². The summed E-state index contributed by atoms with van der Waals surface area (Å²) in [6.45, 7) is 0. The number of fused-ring (bicyclic) bond motifs is 2. The predicted molar refractivity (Wildman–Crippen MR) is 65.9 cm³/mol. The molecule has 0 unspecified atom stereocenters. The number of rotatable bonds is 0. The zero-order chi connectivity index (χ0) is 11.2. The van der Waals surface area contributed by atoms with Gasteiger partial charge < -0.3 is 4.52 Å². The predicted octanol–water partition coefficient (Wildman–Crippen LogP) is 3.37. The van der Waals surface area contributed by atoms with Crippen LogP contribution in [0, 0.1) is 0 Å². The van der Waals surface area contributed by atoms with Gasteiger partial charge >= 0.3 is 0 Å². The normalized spacial score (nSPS) is 12.5. The lowest BCUT2D eigenvalue weighted by atomic mass is 10.1. The van der Waals surface area contributed by atoms with Crippen LogP contribution in [-0.2, 0) is 6.42 Å². The molecule has 0 atom stereocenters. The van der Waals surface area contributed by atoms with Gasteiger partial charge in [0.25, 0.3) is 5.89 Å². The number of thiophene rings is 1. The lowest BCUT2D eigenvalue weighted by Crippen LogP contribution is -1.85. The second-order valence-electron chi connectivity index (χ2n) is 4.06. The molecule has 17 heavy (non-hydrogen) atoms. The molecule has 2 aliphatic rings. The molecule has 0 aliphatic carbocycles. The molecule has 0 saturated heterocycles. The van der Waals surface area contributed by atoms with Crippen molar-refractivity contribution in [3.05, 3.63) is 46.8 Å². The van der Waals surface area contributed by atoms with Gasteiger partial charge in [-0.3, -0.25) is 0 Å². The van der Waals surface area contributed by atoms with Gasteiger partial charge in [-0.05, 0) is 17.7 Å². The largest absolute Gasteiger partial charge is 0.333 e. The van der Waals surface area contributed by atoms with Crippen molar-refractivity contribution in [1.82, 2.24) is 10.1 Å². The molecular weight excluding hydrogens is 232 g/mol. The SMILES string of the molecule is c1cc2ccc1Cc1ccc(s1)-c1nc-2no1. The molecule has 1 aromatic carbocycles. The van der Waals surface area contributed by atoms with Gasteiger partial charge in [-0.15, -0.1) is 11.3 Å². The van der Waals surface area contributed by atoms with E-state index in [4.69, 9.17) is 4.52 Å². The molecule has 0 N–H and O–H groups in total. The Morgan fingerprint density at radius 3 is 2.82 bits per heavy atom. The molecule has 0 saturated carbocycles. The Morgan fingerprint density at radius 2 is 1.94 bits per heavy atom. The second-order valence-corrected chi connectivity index (χ2v) is 5.23. The zero-order valence-electron chi connectivity index (χ0n) is 8.88. The zero-order valence-corrected chi connectivity index (χ0v) is 9.70. The van der Waals surface area contributed by atoms with Gasteiger partial charge in [0, 0.05) is 16.9 Å². The van der Waals surface area contributed by atoms with E-state index in [2.05, 4.69) is 28.3 Å². The first-order chi connectivity index (χ1) is 8.38. The van der Waals surface area contributed by atoms with Crippen molar-refractivity contribution in [2.24, 2.45) is 0 Å². The molecule has 4 heterocycles. The summed E-state index contributed by atoms with van der Waals surface area (Å²) in [7, 11) is 0. The van der Waals surface area contributed by atoms with Gasteiger partial charge in [0.15, 0.2) is 0 Å². The van der Waals surface area contributed by atoms with Gasteiger partial charge in [0.05, 0.1) is 4.88 Å². The summed E-state index contributed by atoms with van der Waals surface area (Å²) in [6, 6.07) is 12.5. The van der Waals surface area contributed by atoms with Crippen LogP contribution >= 0.6 is 11.3 Å². The van der Waals surface area contributed by atoms with Crippen LogP contribution in [0.15, 0.2) is 40.9 Å². The molecular formula is C13H8N2OS. The Hall–Kier alpha value is -1.94. The van der Waals surface area contributed by atoms with Crippen LogP contribution in [0.4, 0.5) is 0 Å². The van der Waals surface area contributed by atoms with Crippen molar-refractivity contribution in [3.63, 3.8) is 0 Å².